The van der Waals surface area contributed by atoms with E-state index in [1.165, 1.54) is 17.0 Å². The molecule has 1 aliphatic rings. The molecule has 1 fully saturated rings. The van der Waals surface area contributed by atoms with Crippen molar-refractivity contribution in [3.8, 4) is 5.75 Å². The van der Waals surface area contributed by atoms with Crippen molar-refractivity contribution in [2.24, 2.45) is 5.92 Å². The number of benzene rings is 1. The zero-order chi connectivity index (χ0) is 18.0. The molecule has 134 valence electrons. The maximum atomic E-state index is 12.8. The van der Waals surface area contributed by atoms with Crippen LogP contribution in [-0.2, 0) is 4.79 Å². The third-order valence-electron chi connectivity index (χ3n) is 4.19. The molecule has 0 radical (unpaired) electrons. The Morgan fingerprint density at radius 3 is 2.80 bits per heavy atom. The number of fused-ring (bicyclic) bond motifs is 1. The molecule has 1 saturated heterocycles. The summed E-state index contributed by atoms with van der Waals surface area (Å²) in [5, 5.41) is 0.697. The maximum Gasteiger partial charge on any atom is 0.393 e. The number of nitrogens with zero attached hydrogens (tertiary/aromatic N) is 1. The molecule has 0 aliphatic carbocycles. The van der Waals surface area contributed by atoms with Crippen molar-refractivity contribution in [2.45, 2.75) is 19.0 Å². The number of carbonyl (C=O) groups excluding carboxylic acids is 1. The van der Waals surface area contributed by atoms with Gasteiger partial charge in [0.05, 0.1) is 5.92 Å². The van der Waals surface area contributed by atoms with E-state index >= 15 is 0 Å². The Labute approximate surface area is 141 Å². The zero-order valence-corrected chi connectivity index (χ0v) is 13.2. The monoisotopic (exact) mass is 355 g/mol. The van der Waals surface area contributed by atoms with E-state index in [-0.39, 0.29) is 19.6 Å². The highest BCUT2D eigenvalue weighted by molar-refractivity contribution is 5.79. The van der Waals surface area contributed by atoms with Gasteiger partial charge in [0.25, 0.3) is 5.91 Å². The van der Waals surface area contributed by atoms with Crippen molar-refractivity contribution in [1.82, 2.24) is 4.90 Å². The van der Waals surface area contributed by atoms with Crippen molar-refractivity contribution in [2.75, 3.05) is 19.7 Å². The molecule has 2 heterocycles. The number of hydrogen-bond acceptors (Lipinski definition) is 4. The topological polar surface area (TPSA) is 59.8 Å². The fourth-order valence-electron chi connectivity index (χ4n) is 2.84. The molecule has 1 aromatic carbocycles. The molecular weight excluding hydrogens is 339 g/mol. The van der Waals surface area contributed by atoms with Crippen LogP contribution in [-0.4, -0.2) is 36.7 Å². The third-order valence-corrected chi connectivity index (χ3v) is 4.19. The van der Waals surface area contributed by atoms with Crippen molar-refractivity contribution in [1.29, 1.82) is 0 Å². The van der Waals surface area contributed by atoms with E-state index in [0.29, 0.717) is 29.7 Å². The number of hydrogen-bond donors (Lipinski definition) is 0. The van der Waals surface area contributed by atoms with Crippen molar-refractivity contribution < 1.29 is 27.1 Å². The third kappa shape index (κ3) is 4.12. The van der Waals surface area contributed by atoms with Gasteiger partial charge in [-0.25, -0.2) is 4.79 Å². The van der Waals surface area contributed by atoms with Gasteiger partial charge in [0.1, 0.15) is 11.3 Å². The van der Waals surface area contributed by atoms with Gasteiger partial charge in [0, 0.05) is 30.6 Å². The number of amides is 1. The van der Waals surface area contributed by atoms with Gasteiger partial charge >= 0.3 is 11.8 Å². The lowest BCUT2D eigenvalue weighted by atomic mass is 9.97. The second kappa shape index (κ2) is 6.78. The first-order chi connectivity index (χ1) is 11.8. The number of piperidine rings is 1. The molecule has 25 heavy (non-hydrogen) atoms. The maximum absolute atomic E-state index is 12.8. The standard InChI is InChI=1S/C17H16F3NO4/c18-17(19,20)12-2-1-7-21(9-12)15(22)10-24-13-5-3-11-4-6-16(23)25-14(11)8-13/h3-6,8,12H,1-2,7,9-10H2/t12-/m0/s1. The van der Waals surface area contributed by atoms with Crippen LogP contribution in [0.2, 0.25) is 0 Å². The van der Waals surface area contributed by atoms with Gasteiger partial charge in [0.15, 0.2) is 6.61 Å². The molecule has 8 heteroatoms. The fourth-order valence-corrected chi connectivity index (χ4v) is 2.84. The van der Waals surface area contributed by atoms with Gasteiger partial charge in [-0.05, 0) is 31.0 Å². The predicted molar refractivity (Wildman–Crippen MR) is 83.3 cm³/mol. The summed E-state index contributed by atoms with van der Waals surface area (Å²) in [6.45, 7) is -0.410. The van der Waals surface area contributed by atoms with Crippen LogP contribution in [0.5, 0.6) is 5.75 Å². The summed E-state index contributed by atoms with van der Waals surface area (Å²) in [4.78, 5) is 24.5. The Morgan fingerprint density at radius 2 is 2.04 bits per heavy atom. The number of alkyl halides is 3. The van der Waals surface area contributed by atoms with Gasteiger partial charge in [-0.15, -0.1) is 0 Å². The van der Waals surface area contributed by atoms with E-state index in [4.69, 9.17) is 9.15 Å². The lowest BCUT2D eigenvalue weighted by Crippen LogP contribution is -2.46. The quantitative estimate of drug-likeness (QED) is 0.795. The Bertz CT molecular complexity index is 830. The minimum absolute atomic E-state index is 0.0395. The first kappa shape index (κ1) is 17.3. The lowest BCUT2D eigenvalue weighted by Gasteiger charge is -2.33. The molecule has 1 aliphatic heterocycles. The summed E-state index contributed by atoms with van der Waals surface area (Å²) < 4.78 is 48.8. The largest absolute Gasteiger partial charge is 0.484 e. The number of likely N-dealkylation sites (tertiary alicyclic amines) is 1. The van der Waals surface area contributed by atoms with Gasteiger partial charge < -0.3 is 14.1 Å². The Kier molecular flexibility index (Phi) is 4.69. The molecule has 0 unspecified atom stereocenters. The molecule has 1 amide bonds. The van der Waals surface area contributed by atoms with Crippen LogP contribution < -0.4 is 10.4 Å². The summed E-state index contributed by atoms with van der Waals surface area (Å²) in [5.41, 5.74) is -0.195. The number of rotatable bonds is 3. The molecule has 0 bridgehead atoms. The zero-order valence-electron chi connectivity index (χ0n) is 13.2. The minimum atomic E-state index is -4.30. The van der Waals surface area contributed by atoms with E-state index in [0.717, 1.165) is 0 Å². The second-order valence-electron chi connectivity index (χ2n) is 5.96. The van der Waals surface area contributed by atoms with Crippen molar-refractivity contribution in [3.05, 3.63) is 40.8 Å². The molecule has 0 saturated carbocycles. The van der Waals surface area contributed by atoms with Gasteiger partial charge in [-0.3, -0.25) is 4.79 Å². The Hall–Kier alpha value is -2.51. The predicted octanol–water partition coefficient (Wildman–Crippen LogP) is 2.97. The lowest BCUT2D eigenvalue weighted by molar-refractivity contribution is -0.188. The minimum Gasteiger partial charge on any atom is -0.484 e. The number of ether oxygens (including phenoxy) is 1. The Morgan fingerprint density at radius 1 is 1.28 bits per heavy atom. The van der Waals surface area contributed by atoms with Crippen molar-refractivity contribution in [3.63, 3.8) is 0 Å². The molecule has 0 spiro atoms. The number of carbonyl (C=O) groups is 1. The van der Waals surface area contributed by atoms with Crippen LogP contribution in [0, 0.1) is 5.92 Å². The van der Waals surface area contributed by atoms with Crippen LogP contribution in [0.1, 0.15) is 12.8 Å². The summed E-state index contributed by atoms with van der Waals surface area (Å²) in [6.07, 6.45) is -3.94. The summed E-state index contributed by atoms with van der Waals surface area (Å²) in [7, 11) is 0. The van der Waals surface area contributed by atoms with E-state index < -0.39 is 23.6 Å². The van der Waals surface area contributed by atoms with Crippen LogP contribution in [0.3, 0.4) is 0 Å². The van der Waals surface area contributed by atoms with Crippen LogP contribution in [0.15, 0.2) is 39.5 Å². The smallest absolute Gasteiger partial charge is 0.393 e. The van der Waals surface area contributed by atoms with Gasteiger partial charge in [-0.2, -0.15) is 13.2 Å². The molecule has 2 aromatic rings. The van der Waals surface area contributed by atoms with Crippen LogP contribution >= 0.6 is 0 Å². The average molecular weight is 355 g/mol. The van der Waals surface area contributed by atoms with Gasteiger partial charge in [-0.1, -0.05) is 0 Å². The first-order valence-corrected chi connectivity index (χ1v) is 7.84. The summed E-state index contributed by atoms with van der Waals surface area (Å²) in [6, 6.07) is 7.63. The SMILES string of the molecule is O=C(COc1ccc2ccc(=O)oc2c1)N1CCC[C@H](C(F)(F)F)C1. The Balaban J connectivity index is 1.63. The average Bonchev–Trinajstić information content (AvgIpc) is 2.58. The highest BCUT2D eigenvalue weighted by atomic mass is 19.4. The summed E-state index contributed by atoms with van der Waals surface area (Å²) in [5.74, 6) is -1.68. The van der Waals surface area contributed by atoms with Crippen LogP contribution in [0.25, 0.3) is 11.0 Å². The normalized spacial score (nSPS) is 18.4. The van der Waals surface area contributed by atoms with E-state index in [1.807, 2.05) is 0 Å². The highest BCUT2D eigenvalue weighted by Gasteiger charge is 2.42. The van der Waals surface area contributed by atoms with E-state index in [1.54, 1.807) is 18.2 Å². The molecular formula is C17H16F3NO4. The van der Waals surface area contributed by atoms with Gasteiger partial charge in [0.2, 0.25) is 0 Å². The van der Waals surface area contributed by atoms with E-state index in [9.17, 15) is 22.8 Å². The fraction of sp³-hybridized carbons (Fsp3) is 0.412. The molecule has 1 atom stereocenters. The second-order valence-corrected chi connectivity index (χ2v) is 5.96. The summed E-state index contributed by atoms with van der Waals surface area (Å²) >= 11 is 0. The molecule has 0 N–H and O–H groups in total. The first-order valence-electron chi connectivity index (χ1n) is 7.84. The molecule has 3 rings (SSSR count). The number of halogens is 3. The van der Waals surface area contributed by atoms with Crippen LogP contribution in [0.4, 0.5) is 13.2 Å². The van der Waals surface area contributed by atoms with Crippen molar-refractivity contribution >= 4 is 16.9 Å². The molecule has 1 aromatic heterocycles. The van der Waals surface area contributed by atoms with E-state index in [2.05, 4.69) is 0 Å². The molecule has 5 nitrogen and oxygen atoms in total. The highest BCUT2D eigenvalue weighted by Crippen LogP contribution is 2.33.